The van der Waals surface area contributed by atoms with Gasteiger partial charge in [0.25, 0.3) is 0 Å². The van der Waals surface area contributed by atoms with Gasteiger partial charge in [0.05, 0.1) is 6.20 Å². The molecule has 2 aromatic rings. The van der Waals surface area contributed by atoms with Crippen LogP contribution < -0.4 is 4.90 Å². The smallest absolute Gasteiger partial charge is 0.162 e. The summed E-state index contributed by atoms with van der Waals surface area (Å²) >= 11 is 0. The Morgan fingerprint density at radius 3 is 2.53 bits per heavy atom. The van der Waals surface area contributed by atoms with Gasteiger partial charge in [0.1, 0.15) is 0 Å². The van der Waals surface area contributed by atoms with Crippen molar-refractivity contribution in [2.75, 3.05) is 11.9 Å². The number of rotatable bonds is 5. The van der Waals surface area contributed by atoms with Crippen LogP contribution in [0.4, 0.5) is 5.69 Å². The number of carbonyl (C=O) groups is 1. The summed E-state index contributed by atoms with van der Waals surface area (Å²) in [5.74, 6) is 0.182. The first-order chi connectivity index (χ1) is 9.10. The van der Waals surface area contributed by atoms with Crippen LogP contribution in [0.15, 0.2) is 36.7 Å². The third-order valence-electron chi connectivity index (χ3n) is 3.13. The maximum Gasteiger partial charge on any atom is 0.162 e. The lowest BCUT2D eigenvalue weighted by atomic mass is 10.1. The fourth-order valence-corrected chi connectivity index (χ4v) is 2.02. The van der Waals surface area contributed by atoms with Crippen molar-refractivity contribution >= 4 is 11.5 Å². The molecule has 100 valence electrons. The Hall–Kier alpha value is -2.10. The van der Waals surface area contributed by atoms with Crippen LogP contribution in [0.5, 0.6) is 0 Å². The second-order valence-electron chi connectivity index (χ2n) is 4.70. The van der Waals surface area contributed by atoms with Crippen molar-refractivity contribution in [3.63, 3.8) is 0 Å². The van der Waals surface area contributed by atoms with Gasteiger partial charge >= 0.3 is 0 Å². The molecule has 1 heterocycles. The van der Waals surface area contributed by atoms with Crippen molar-refractivity contribution in [3.8, 4) is 0 Å². The SMILES string of the molecule is CCC(=O)c1ccc(N(C)Cc2cnn(C)c2)cc1. The fourth-order valence-electron chi connectivity index (χ4n) is 2.02. The lowest BCUT2D eigenvalue weighted by molar-refractivity contribution is 0.0988. The second-order valence-corrected chi connectivity index (χ2v) is 4.70. The van der Waals surface area contributed by atoms with Crippen LogP contribution in [0.25, 0.3) is 0 Å². The van der Waals surface area contributed by atoms with Crippen LogP contribution >= 0.6 is 0 Å². The third kappa shape index (κ3) is 3.22. The molecule has 4 nitrogen and oxygen atoms in total. The highest BCUT2D eigenvalue weighted by Crippen LogP contribution is 2.17. The Balaban J connectivity index is 2.07. The Labute approximate surface area is 113 Å². The summed E-state index contributed by atoms with van der Waals surface area (Å²) in [5.41, 5.74) is 3.04. The maximum atomic E-state index is 11.6. The first-order valence-electron chi connectivity index (χ1n) is 6.42. The predicted octanol–water partition coefficient (Wildman–Crippen LogP) is 2.65. The quantitative estimate of drug-likeness (QED) is 0.773. The van der Waals surface area contributed by atoms with E-state index in [1.54, 1.807) is 4.68 Å². The third-order valence-corrected chi connectivity index (χ3v) is 3.13. The standard InChI is InChI=1S/C15H19N3O/c1-4-15(19)13-5-7-14(8-6-13)17(2)10-12-9-16-18(3)11-12/h5-9,11H,4,10H2,1-3H3. The van der Waals surface area contributed by atoms with Crippen molar-refractivity contribution in [1.82, 2.24) is 9.78 Å². The zero-order valence-corrected chi connectivity index (χ0v) is 11.6. The zero-order valence-electron chi connectivity index (χ0n) is 11.6. The number of anilines is 1. The van der Waals surface area contributed by atoms with Crippen molar-refractivity contribution in [1.29, 1.82) is 0 Å². The van der Waals surface area contributed by atoms with Crippen LogP contribution in [0.3, 0.4) is 0 Å². The van der Waals surface area contributed by atoms with E-state index in [0.29, 0.717) is 6.42 Å². The second kappa shape index (κ2) is 5.69. The van der Waals surface area contributed by atoms with Crippen molar-refractivity contribution in [2.24, 2.45) is 7.05 Å². The lowest BCUT2D eigenvalue weighted by Gasteiger charge is -2.18. The fraction of sp³-hybridized carbons (Fsp3) is 0.333. The molecule has 0 radical (unpaired) electrons. The van der Waals surface area contributed by atoms with Gasteiger partial charge in [-0.15, -0.1) is 0 Å². The number of nitrogens with zero attached hydrogens (tertiary/aromatic N) is 3. The van der Waals surface area contributed by atoms with E-state index in [1.165, 1.54) is 5.56 Å². The van der Waals surface area contributed by atoms with E-state index in [1.807, 2.05) is 57.7 Å². The Kier molecular flexibility index (Phi) is 4.00. The Bertz CT molecular complexity index is 557. The van der Waals surface area contributed by atoms with E-state index in [9.17, 15) is 4.79 Å². The van der Waals surface area contributed by atoms with Crippen LogP contribution in [0.2, 0.25) is 0 Å². The molecule has 1 aromatic carbocycles. The van der Waals surface area contributed by atoms with Gasteiger partial charge in [0.2, 0.25) is 0 Å². The van der Waals surface area contributed by atoms with Crippen LogP contribution in [0.1, 0.15) is 29.3 Å². The maximum absolute atomic E-state index is 11.6. The minimum atomic E-state index is 0.182. The molecule has 4 heteroatoms. The highest BCUT2D eigenvalue weighted by atomic mass is 16.1. The van der Waals surface area contributed by atoms with Gasteiger partial charge in [0.15, 0.2) is 5.78 Å². The lowest BCUT2D eigenvalue weighted by Crippen LogP contribution is -2.16. The molecule has 0 aliphatic carbocycles. The van der Waals surface area contributed by atoms with Gasteiger partial charge in [0, 0.05) is 50.1 Å². The summed E-state index contributed by atoms with van der Waals surface area (Å²) in [6, 6.07) is 7.75. The molecule has 0 spiro atoms. The van der Waals surface area contributed by atoms with Crippen LogP contribution in [0, 0.1) is 0 Å². The summed E-state index contributed by atoms with van der Waals surface area (Å²) in [7, 11) is 3.94. The van der Waals surface area contributed by atoms with Gasteiger partial charge in [-0.3, -0.25) is 9.48 Å². The molecule has 19 heavy (non-hydrogen) atoms. The molecule has 0 saturated carbocycles. The van der Waals surface area contributed by atoms with Crippen molar-refractivity contribution in [2.45, 2.75) is 19.9 Å². The molecule has 0 fully saturated rings. The van der Waals surface area contributed by atoms with E-state index in [0.717, 1.165) is 17.8 Å². The molecular weight excluding hydrogens is 238 g/mol. The molecule has 0 aliphatic rings. The highest BCUT2D eigenvalue weighted by Gasteiger charge is 2.06. The zero-order chi connectivity index (χ0) is 13.8. The number of aryl methyl sites for hydroxylation is 1. The number of benzene rings is 1. The molecule has 0 bridgehead atoms. The Morgan fingerprint density at radius 2 is 2.00 bits per heavy atom. The normalized spacial score (nSPS) is 10.5. The van der Waals surface area contributed by atoms with Gasteiger partial charge < -0.3 is 4.90 Å². The largest absolute Gasteiger partial charge is 0.370 e. The first-order valence-corrected chi connectivity index (χ1v) is 6.42. The molecule has 0 N–H and O–H groups in total. The summed E-state index contributed by atoms with van der Waals surface area (Å²) < 4.78 is 1.80. The summed E-state index contributed by atoms with van der Waals surface area (Å²) in [6.45, 7) is 2.68. The topological polar surface area (TPSA) is 38.1 Å². The average molecular weight is 257 g/mol. The first kappa shape index (κ1) is 13.3. The molecule has 0 saturated heterocycles. The molecule has 0 amide bonds. The number of hydrogen-bond donors (Lipinski definition) is 0. The van der Waals surface area contributed by atoms with Crippen molar-refractivity contribution < 1.29 is 4.79 Å². The number of aromatic nitrogens is 2. The van der Waals surface area contributed by atoms with Crippen LogP contribution in [-0.2, 0) is 13.6 Å². The molecule has 1 aromatic heterocycles. The van der Waals surface area contributed by atoms with E-state index in [4.69, 9.17) is 0 Å². The predicted molar refractivity (Wildman–Crippen MR) is 76.4 cm³/mol. The minimum absolute atomic E-state index is 0.182. The minimum Gasteiger partial charge on any atom is -0.370 e. The molecule has 0 atom stereocenters. The van der Waals surface area contributed by atoms with E-state index in [-0.39, 0.29) is 5.78 Å². The average Bonchev–Trinajstić information content (AvgIpc) is 2.83. The summed E-state index contributed by atoms with van der Waals surface area (Å²) in [4.78, 5) is 13.7. The summed E-state index contributed by atoms with van der Waals surface area (Å²) in [5, 5.41) is 4.16. The molecule has 2 rings (SSSR count). The Morgan fingerprint density at radius 1 is 1.32 bits per heavy atom. The summed E-state index contributed by atoms with van der Waals surface area (Å²) in [6.07, 6.45) is 4.42. The van der Waals surface area contributed by atoms with E-state index < -0.39 is 0 Å². The number of hydrogen-bond acceptors (Lipinski definition) is 3. The van der Waals surface area contributed by atoms with E-state index >= 15 is 0 Å². The van der Waals surface area contributed by atoms with Gasteiger partial charge in [-0.25, -0.2) is 0 Å². The van der Waals surface area contributed by atoms with Crippen molar-refractivity contribution in [3.05, 3.63) is 47.8 Å². The van der Waals surface area contributed by atoms with Gasteiger partial charge in [-0.05, 0) is 24.3 Å². The van der Waals surface area contributed by atoms with Gasteiger partial charge in [-0.1, -0.05) is 6.92 Å². The van der Waals surface area contributed by atoms with E-state index in [2.05, 4.69) is 10.00 Å². The monoisotopic (exact) mass is 257 g/mol. The number of ketones is 1. The number of Topliss-reactive ketones (excluding diaryl/α,β-unsaturated/α-hetero) is 1. The highest BCUT2D eigenvalue weighted by molar-refractivity contribution is 5.96. The van der Waals surface area contributed by atoms with Gasteiger partial charge in [-0.2, -0.15) is 5.10 Å². The molecule has 0 aliphatic heterocycles. The molecular formula is C15H19N3O. The number of carbonyl (C=O) groups excluding carboxylic acids is 1. The molecule has 0 unspecified atom stereocenters. The van der Waals surface area contributed by atoms with Crippen LogP contribution in [-0.4, -0.2) is 22.6 Å².